The SMILES string of the molecule is Cn1cc([C@@H]2CN(C(=O)c3cccc(F)c3F)C[C@H]2NC(=O)C2(C)CCOC2)cn1. The molecule has 2 aliphatic rings. The van der Waals surface area contributed by atoms with Crippen LogP contribution in [0.5, 0.6) is 0 Å². The van der Waals surface area contributed by atoms with Crippen LogP contribution in [0.3, 0.4) is 0 Å². The number of benzene rings is 1. The molecule has 1 unspecified atom stereocenters. The number of nitrogens with one attached hydrogen (secondary N) is 1. The standard InChI is InChI=1S/C21H24F2N4O3/c1-21(6-7-30-12-21)20(29)25-17-11-27(10-15(17)13-8-24-26(2)9-13)19(28)14-4-3-5-16(22)18(14)23/h3-5,8-9,15,17H,6-7,10-12H2,1-2H3,(H,25,29)/t15-,17+,21?/m0/s1. The Morgan fingerprint density at radius 3 is 2.77 bits per heavy atom. The van der Waals surface area contributed by atoms with Gasteiger partial charge in [0.05, 0.1) is 29.8 Å². The molecule has 0 radical (unpaired) electrons. The van der Waals surface area contributed by atoms with Crippen LogP contribution in [-0.2, 0) is 16.6 Å². The fourth-order valence-electron chi connectivity index (χ4n) is 4.11. The lowest BCUT2D eigenvalue weighted by Crippen LogP contribution is -2.47. The summed E-state index contributed by atoms with van der Waals surface area (Å²) in [5, 5.41) is 7.25. The summed E-state index contributed by atoms with van der Waals surface area (Å²) >= 11 is 0. The van der Waals surface area contributed by atoms with Crippen LogP contribution in [0, 0.1) is 17.0 Å². The van der Waals surface area contributed by atoms with Crippen LogP contribution in [-0.4, -0.2) is 58.8 Å². The van der Waals surface area contributed by atoms with Crippen LogP contribution in [0.1, 0.15) is 35.2 Å². The predicted octanol–water partition coefficient (Wildman–Crippen LogP) is 1.85. The molecule has 1 aromatic carbocycles. The van der Waals surface area contributed by atoms with Gasteiger partial charge in [-0.05, 0) is 31.0 Å². The van der Waals surface area contributed by atoms with Gasteiger partial charge >= 0.3 is 0 Å². The van der Waals surface area contributed by atoms with Crippen LogP contribution < -0.4 is 5.32 Å². The van der Waals surface area contributed by atoms with Gasteiger partial charge in [-0.25, -0.2) is 8.78 Å². The first-order chi connectivity index (χ1) is 14.3. The van der Waals surface area contributed by atoms with Gasteiger partial charge in [-0.3, -0.25) is 14.3 Å². The van der Waals surface area contributed by atoms with E-state index in [1.165, 1.54) is 17.0 Å². The fourth-order valence-corrected chi connectivity index (χ4v) is 4.11. The summed E-state index contributed by atoms with van der Waals surface area (Å²) in [5.41, 5.74) is -0.0697. The lowest BCUT2D eigenvalue weighted by atomic mass is 9.87. The molecule has 7 nitrogen and oxygen atoms in total. The van der Waals surface area contributed by atoms with Gasteiger partial charge in [-0.2, -0.15) is 5.10 Å². The maximum Gasteiger partial charge on any atom is 0.257 e. The Morgan fingerprint density at radius 2 is 2.10 bits per heavy atom. The van der Waals surface area contributed by atoms with Gasteiger partial charge < -0.3 is 15.0 Å². The van der Waals surface area contributed by atoms with Crippen LogP contribution in [0.25, 0.3) is 0 Å². The molecule has 9 heteroatoms. The summed E-state index contributed by atoms with van der Waals surface area (Å²) in [6, 6.07) is 3.17. The van der Waals surface area contributed by atoms with Crippen molar-refractivity contribution in [1.29, 1.82) is 0 Å². The smallest absolute Gasteiger partial charge is 0.257 e. The summed E-state index contributed by atoms with van der Waals surface area (Å²) in [6.45, 7) is 3.19. The van der Waals surface area contributed by atoms with E-state index in [0.29, 0.717) is 19.6 Å². The zero-order chi connectivity index (χ0) is 21.5. The first kappa shape index (κ1) is 20.5. The molecule has 0 bridgehead atoms. The highest BCUT2D eigenvalue weighted by Gasteiger charge is 2.43. The minimum atomic E-state index is -1.16. The normalized spacial score (nSPS) is 26.2. The maximum atomic E-state index is 14.2. The fraction of sp³-hybridized carbons (Fsp3) is 0.476. The molecule has 1 N–H and O–H groups in total. The third-order valence-electron chi connectivity index (χ3n) is 6.03. The molecule has 1 aromatic heterocycles. The van der Waals surface area contributed by atoms with Crippen molar-refractivity contribution in [1.82, 2.24) is 20.0 Å². The maximum absolute atomic E-state index is 14.2. The molecule has 4 rings (SSSR count). The van der Waals surface area contributed by atoms with Gasteiger partial charge in [0.2, 0.25) is 5.91 Å². The van der Waals surface area contributed by atoms with E-state index >= 15 is 0 Å². The number of aryl methyl sites for hydroxylation is 1. The Balaban J connectivity index is 1.58. The van der Waals surface area contributed by atoms with Gasteiger partial charge in [0.25, 0.3) is 5.91 Å². The number of hydrogen-bond donors (Lipinski definition) is 1. The van der Waals surface area contributed by atoms with Crippen molar-refractivity contribution in [3.8, 4) is 0 Å². The minimum absolute atomic E-state index is 0.134. The number of ether oxygens (including phenoxy) is 1. The largest absolute Gasteiger partial charge is 0.380 e. The second kappa shape index (κ2) is 7.79. The first-order valence-corrected chi connectivity index (χ1v) is 9.89. The number of aromatic nitrogens is 2. The first-order valence-electron chi connectivity index (χ1n) is 9.89. The number of halogens is 2. The Labute approximate surface area is 173 Å². The average molecular weight is 418 g/mol. The van der Waals surface area contributed by atoms with Gasteiger partial charge in [0.15, 0.2) is 11.6 Å². The number of likely N-dealkylation sites (tertiary alicyclic amines) is 1. The van der Waals surface area contributed by atoms with Crippen molar-refractivity contribution in [3.05, 3.63) is 53.4 Å². The van der Waals surface area contributed by atoms with Crippen molar-refractivity contribution < 1.29 is 23.1 Å². The lowest BCUT2D eigenvalue weighted by Gasteiger charge is -2.26. The Kier molecular flexibility index (Phi) is 5.31. The van der Waals surface area contributed by atoms with Crippen molar-refractivity contribution in [3.63, 3.8) is 0 Å². The zero-order valence-corrected chi connectivity index (χ0v) is 16.9. The Hall–Kier alpha value is -2.81. The van der Waals surface area contributed by atoms with Gasteiger partial charge in [0.1, 0.15) is 0 Å². The molecule has 0 aliphatic carbocycles. The van der Waals surface area contributed by atoms with Gasteiger partial charge in [-0.15, -0.1) is 0 Å². The molecule has 160 valence electrons. The van der Waals surface area contributed by atoms with Crippen molar-refractivity contribution in [2.45, 2.75) is 25.3 Å². The summed E-state index contributed by atoms with van der Waals surface area (Å²) in [4.78, 5) is 27.3. The summed E-state index contributed by atoms with van der Waals surface area (Å²) in [7, 11) is 1.79. The topological polar surface area (TPSA) is 76.5 Å². The zero-order valence-electron chi connectivity index (χ0n) is 16.9. The van der Waals surface area contributed by atoms with Gasteiger partial charge in [-0.1, -0.05) is 6.07 Å². The highest BCUT2D eigenvalue weighted by atomic mass is 19.2. The van der Waals surface area contributed by atoms with Crippen LogP contribution in [0.15, 0.2) is 30.6 Å². The third-order valence-corrected chi connectivity index (χ3v) is 6.03. The molecule has 2 saturated heterocycles. The second-order valence-corrected chi connectivity index (χ2v) is 8.31. The van der Waals surface area contributed by atoms with E-state index in [1.54, 1.807) is 17.9 Å². The van der Waals surface area contributed by atoms with E-state index in [2.05, 4.69) is 10.4 Å². The average Bonchev–Trinajstić information content (AvgIpc) is 3.44. The molecule has 3 atom stereocenters. The van der Waals surface area contributed by atoms with E-state index in [0.717, 1.165) is 11.6 Å². The second-order valence-electron chi connectivity index (χ2n) is 8.31. The van der Waals surface area contributed by atoms with Gasteiger partial charge in [0, 0.05) is 38.9 Å². The van der Waals surface area contributed by atoms with Crippen LogP contribution in [0.2, 0.25) is 0 Å². The minimum Gasteiger partial charge on any atom is -0.380 e. The third kappa shape index (κ3) is 3.69. The molecule has 0 saturated carbocycles. The summed E-state index contributed by atoms with van der Waals surface area (Å²) in [5.74, 6) is -3.18. The molecule has 0 spiro atoms. The van der Waals surface area contributed by atoms with E-state index in [-0.39, 0.29) is 36.5 Å². The molecular formula is C21H24F2N4O3. The lowest BCUT2D eigenvalue weighted by molar-refractivity contribution is -0.130. The van der Waals surface area contributed by atoms with E-state index in [1.807, 2.05) is 13.1 Å². The van der Waals surface area contributed by atoms with E-state index < -0.39 is 23.0 Å². The predicted molar refractivity (Wildman–Crippen MR) is 104 cm³/mol. The molecule has 3 heterocycles. The van der Waals surface area contributed by atoms with Crippen molar-refractivity contribution >= 4 is 11.8 Å². The number of nitrogens with zero attached hydrogens (tertiary/aromatic N) is 3. The quantitative estimate of drug-likeness (QED) is 0.822. The Bertz CT molecular complexity index is 971. The number of amides is 2. The number of carbonyl (C=O) groups is 2. The van der Waals surface area contributed by atoms with Crippen molar-refractivity contribution in [2.24, 2.45) is 12.5 Å². The number of carbonyl (C=O) groups excluding carboxylic acids is 2. The Morgan fingerprint density at radius 1 is 1.30 bits per heavy atom. The highest BCUT2D eigenvalue weighted by Crippen LogP contribution is 2.32. The van der Waals surface area contributed by atoms with E-state index in [4.69, 9.17) is 4.74 Å². The molecule has 30 heavy (non-hydrogen) atoms. The number of rotatable bonds is 4. The van der Waals surface area contributed by atoms with Crippen LogP contribution >= 0.6 is 0 Å². The molecule has 2 amide bonds. The molecule has 2 aromatic rings. The molecule has 2 aliphatic heterocycles. The van der Waals surface area contributed by atoms with Crippen LogP contribution in [0.4, 0.5) is 8.78 Å². The number of hydrogen-bond acceptors (Lipinski definition) is 4. The molecular weight excluding hydrogens is 394 g/mol. The van der Waals surface area contributed by atoms with Crippen molar-refractivity contribution in [2.75, 3.05) is 26.3 Å². The monoisotopic (exact) mass is 418 g/mol. The summed E-state index contributed by atoms with van der Waals surface area (Å²) in [6.07, 6.45) is 4.15. The highest BCUT2D eigenvalue weighted by molar-refractivity contribution is 5.95. The van der Waals surface area contributed by atoms with E-state index in [9.17, 15) is 18.4 Å². The molecule has 2 fully saturated rings. The summed E-state index contributed by atoms with van der Waals surface area (Å²) < 4.78 is 34.8.